The molecule has 0 radical (unpaired) electrons. The lowest BCUT2D eigenvalue weighted by molar-refractivity contribution is 0.159. The van der Waals surface area contributed by atoms with Crippen molar-refractivity contribution in [3.63, 3.8) is 0 Å². The van der Waals surface area contributed by atoms with Crippen LogP contribution in [0.4, 0.5) is 0 Å². The molecule has 3 aliphatic heterocycles. The summed E-state index contributed by atoms with van der Waals surface area (Å²) in [5.74, 6) is 2.73. The van der Waals surface area contributed by atoms with Crippen LogP contribution in [0.15, 0.2) is 30.3 Å². The van der Waals surface area contributed by atoms with Gasteiger partial charge in [-0.25, -0.2) is 0 Å². The van der Waals surface area contributed by atoms with Gasteiger partial charge in [0, 0.05) is 35.7 Å². The summed E-state index contributed by atoms with van der Waals surface area (Å²) in [4.78, 5) is 6.20. The number of aromatic amines is 1. The molecule has 2 aromatic carbocycles. The maximum absolute atomic E-state index is 5.65. The lowest BCUT2D eigenvalue weighted by Gasteiger charge is -2.40. The standard InChI is InChI=1S/C21H20N2O3/c1-24-18-4-2-3-15-21(18)14-8-17-13-9-20-19(25-11-26-20)7-12(13)5-6-23(17)10-16(14)22-15/h2-4,7,9,17,22H,5-6,8,10-11H2,1H3/t17-/m0/s1. The topological polar surface area (TPSA) is 46.7 Å². The van der Waals surface area contributed by atoms with Crippen LogP contribution in [-0.2, 0) is 19.4 Å². The van der Waals surface area contributed by atoms with Crippen molar-refractivity contribution in [3.8, 4) is 17.2 Å². The molecule has 3 aromatic rings. The Hall–Kier alpha value is -2.66. The van der Waals surface area contributed by atoms with Crippen LogP contribution in [0.2, 0.25) is 0 Å². The van der Waals surface area contributed by atoms with E-state index < -0.39 is 0 Å². The number of fused-ring (bicyclic) bond motifs is 7. The summed E-state index contributed by atoms with van der Waals surface area (Å²) >= 11 is 0. The van der Waals surface area contributed by atoms with Crippen molar-refractivity contribution in [1.82, 2.24) is 9.88 Å². The Morgan fingerprint density at radius 1 is 1.19 bits per heavy atom. The molecule has 3 aliphatic rings. The Labute approximate surface area is 151 Å². The van der Waals surface area contributed by atoms with Crippen molar-refractivity contribution in [2.24, 2.45) is 0 Å². The predicted octanol–water partition coefficient (Wildman–Crippen LogP) is 3.56. The highest BCUT2D eigenvalue weighted by atomic mass is 16.7. The van der Waals surface area contributed by atoms with Crippen molar-refractivity contribution in [2.75, 3.05) is 20.4 Å². The highest BCUT2D eigenvalue weighted by molar-refractivity contribution is 5.91. The van der Waals surface area contributed by atoms with E-state index in [4.69, 9.17) is 14.2 Å². The molecule has 26 heavy (non-hydrogen) atoms. The van der Waals surface area contributed by atoms with Gasteiger partial charge in [-0.3, -0.25) is 4.90 Å². The van der Waals surface area contributed by atoms with Crippen molar-refractivity contribution in [1.29, 1.82) is 0 Å². The summed E-state index contributed by atoms with van der Waals surface area (Å²) in [6, 6.07) is 11.0. The molecule has 4 heterocycles. The molecular weight excluding hydrogens is 328 g/mol. The molecule has 5 nitrogen and oxygen atoms in total. The molecule has 0 saturated carbocycles. The first-order valence-electron chi connectivity index (χ1n) is 9.14. The van der Waals surface area contributed by atoms with Gasteiger partial charge in [0.1, 0.15) is 5.75 Å². The molecule has 0 fully saturated rings. The second-order valence-electron chi connectivity index (χ2n) is 7.31. The van der Waals surface area contributed by atoms with Crippen LogP contribution in [0.1, 0.15) is 28.4 Å². The maximum atomic E-state index is 5.65. The van der Waals surface area contributed by atoms with Crippen molar-refractivity contribution in [3.05, 3.63) is 52.7 Å². The number of aromatic nitrogens is 1. The molecule has 0 saturated heterocycles. The van der Waals surface area contributed by atoms with Gasteiger partial charge < -0.3 is 19.2 Å². The van der Waals surface area contributed by atoms with Crippen LogP contribution in [0.25, 0.3) is 10.9 Å². The predicted molar refractivity (Wildman–Crippen MR) is 98.0 cm³/mol. The first-order valence-corrected chi connectivity index (χ1v) is 9.14. The van der Waals surface area contributed by atoms with Crippen molar-refractivity contribution < 1.29 is 14.2 Å². The normalized spacial score (nSPS) is 20.6. The molecule has 1 N–H and O–H groups in total. The third kappa shape index (κ3) is 1.89. The summed E-state index contributed by atoms with van der Waals surface area (Å²) < 4.78 is 16.9. The minimum Gasteiger partial charge on any atom is -0.496 e. The largest absolute Gasteiger partial charge is 0.496 e. The van der Waals surface area contributed by atoms with E-state index in [1.165, 1.54) is 33.3 Å². The molecule has 132 valence electrons. The lowest BCUT2D eigenvalue weighted by Crippen LogP contribution is -2.39. The maximum Gasteiger partial charge on any atom is 0.231 e. The zero-order valence-corrected chi connectivity index (χ0v) is 14.7. The van der Waals surface area contributed by atoms with Crippen LogP contribution in [0, 0.1) is 0 Å². The van der Waals surface area contributed by atoms with Gasteiger partial charge in [0.25, 0.3) is 0 Å². The van der Waals surface area contributed by atoms with Gasteiger partial charge in [0.2, 0.25) is 6.79 Å². The van der Waals surface area contributed by atoms with Crippen LogP contribution in [0.3, 0.4) is 0 Å². The highest BCUT2D eigenvalue weighted by Gasteiger charge is 2.35. The Bertz CT molecular complexity index is 1040. The van der Waals surface area contributed by atoms with E-state index in [0.717, 1.165) is 43.2 Å². The summed E-state index contributed by atoms with van der Waals surface area (Å²) in [5, 5.41) is 1.23. The smallest absolute Gasteiger partial charge is 0.231 e. The fraction of sp³-hybridized carbons (Fsp3) is 0.333. The molecule has 0 bridgehead atoms. The molecule has 5 heteroatoms. The molecule has 0 spiro atoms. The van der Waals surface area contributed by atoms with E-state index >= 15 is 0 Å². The average Bonchev–Trinajstić information content (AvgIpc) is 3.27. The van der Waals surface area contributed by atoms with E-state index in [1.807, 2.05) is 6.07 Å². The minimum atomic E-state index is 0.330. The number of hydrogen-bond acceptors (Lipinski definition) is 4. The number of rotatable bonds is 1. The molecule has 0 amide bonds. The first kappa shape index (κ1) is 14.5. The number of methoxy groups -OCH3 is 1. The van der Waals surface area contributed by atoms with Crippen molar-refractivity contribution >= 4 is 10.9 Å². The highest BCUT2D eigenvalue weighted by Crippen LogP contribution is 2.45. The number of nitrogens with zero attached hydrogens (tertiary/aromatic N) is 1. The van der Waals surface area contributed by atoms with Gasteiger partial charge >= 0.3 is 0 Å². The van der Waals surface area contributed by atoms with Crippen molar-refractivity contribution in [2.45, 2.75) is 25.4 Å². The molecule has 6 rings (SSSR count). The lowest BCUT2D eigenvalue weighted by atomic mass is 9.85. The quantitative estimate of drug-likeness (QED) is 0.730. The summed E-state index contributed by atoms with van der Waals surface area (Å²) in [7, 11) is 1.75. The van der Waals surface area contributed by atoms with Gasteiger partial charge in [0.15, 0.2) is 11.5 Å². The summed E-state index contributed by atoms with van der Waals surface area (Å²) in [6.45, 7) is 2.35. The number of H-pyrrole nitrogens is 1. The fourth-order valence-corrected chi connectivity index (χ4v) is 4.83. The van der Waals surface area contributed by atoms with Gasteiger partial charge in [-0.15, -0.1) is 0 Å². The van der Waals surface area contributed by atoms with E-state index in [-0.39, 0.29) is 0 Å². The first-order chi connectivity index (χ1) is 12.8. The summed E-state index contributed by atoms with van der Waals surface area (Å²) in [6.07, 6.45) is 2.05. The molecule has 0 aliphatic carbocycles. The fourth-order valence-electron chi connectivity index (χ4n) is 4.83. The second-order valence-corrected chi connectivity index (χ2v) is 7.31. The Morgan fingerprint density at radius 2 is 2.08 bits per heavy atom. The van der Waals surface area contributed by atoms with Crippen LogP contribution < -0.4 is 14.2 Å². The summed E-state index contributed by atoms with van der Waals surface area (Å²) in [5.41, 5.74) is 6.66. The Kier molecular flexibility index (Phi) is 2.89. The minimum absolute atomic E-state index is 0.330. The Balaban J connectivity index is 1.50. The number of ether oxygens (including phenoxy) is 3. The SMILES string of the molecule is COc1cccc2[nH]c3c(c12)C[C@H]1c2cc4c(cc2CCN1C3)OCO4. The van der Waals surface area contributed by atoms with E-state index in [9.17, 15) is 0 Å². The molecule has 1 aromatic heterocycles. The van der Waals surface area contributed by atoms with Crippen LogP contribution in [0.5, 0.6) is 17.2 Å². The molecule has 1 atom stereocenters. The third-order valence-electron chi connectivity index (χ3n) is 6.06. The van der Waals surface area contributed by atoms with Gasteiger partial charge in [-0.2, -0.15) is 0 Å². The zero-order chi connectivity index (χ0) is 17.3. The van der Waals surface area contributed by atoms with Crippen LogP contribution in [-0.4, -0.2) is 30.3 Å². The second kappa shape index (κ2) is 5.17. The monoisotopic (exact) mass is 348 g/mol. The van der Waals surface area contributed by atoms with E-state index in [2.05, 4.69) is 34.1 Å². The van der Waals surface area contributed by atoms with E-state index in [1.54, 1.807) is 7.11 Å². The third-order valence-corrected chi connectivity index (χ3v) is 6.06. The Morgan fingerprint density at radius 3 is 2.96 bits per heavy atom. The van der Waals surface area contributed by atoms with Gasteiger partial charge in [-0.1, -0.05) is 6.07 Å². The molecular formula is C21H20N2O3. The number of nitrogens with one attached hydrogen (secondary N) is 1. The number of hydrogen-bond donors (Lipinski definition) is 1. The zero-order valence-electron chi connectivity index (χ0n) is 14.7. The van der Waals surface area contributed by atoms with E-state index in [0.29, 0.717) is 12.8 Å². The van der Waals surface area contributed by atoms with Crippen LogP contribution >= 0.6 is 0 Å². The number of benzene rings is 2. The average molecular weight is 348 g/mol. The van der Waals surface area contributed by atoms with Gasteiger partial charge in [-0.05, 0) is 53.8 Å². The molecule has 0 unspecified atom stereocenters. The van der Waals surface area contributed by atoms with Gasteiger partial charge in [0.05, 0.1) is 7.11 Å².